The second-order valence-corrected chi connectivity index (χ2v) is 9.85. The third-order valence-electron chi connectivity index (χ3n) is 6.65. The number of likely N-dealkylation sites (N-methyl/N-ethyl adjacent to an activating group) is 1. The molecule has 0 aromatic carbocycles. The second-order valence-electron chi connectivity index (χ2n) is 9.85. The largest absolute Gasteiger partial charge is 0.340 e. The molecule has 5 rings (SSSR count). The van der Waals surface area contributed by atoms with Crippen LogP contribution in [0, 0.1) is 5.92 Å². The summed E-state index contributed by atoms with van der Waals surface area (Å²) in [5.41, 5.74) is 5.83. The predicted molar refractivity (Wildman–Crippen MR) is 147 cm³/mol. The number of pyridine rings is 2. The fourth-order valence-corrected chi connectivity index (χ4v) is 4.75. The molecule has 2 amide bonds. The number of carbonyl (C=O) groups excluding carboxylic acids is 2. The molecule has 0 atom stereocenters. The highest BCUT2D eigenvalue weighted by atomic mass is 16.2. The van der Waals surface area contributed by atoms with Crippen LogP contribution in [0.3, 0.4) is 0 Å². The minimum Gasteiger partial charge on any atom is -0.340 e. The number of carbonyl (C=O) groups is 2. The first-order valence-corrected chi connectivity index (χ1v) is 13.1. The van der Waals surface area contributed by atoms with Gasteiger partial charge in [0.05, 0.1) is 28.5 Å². The summed E-state index contributed by atoms with van der Waals surface area (Å²) < 4.78 is 0. The van der Waals surface area contributed by atoms with Crippen LogP contribution in [0.25, 0.3) is 39.3 Å². The Morgan fingerprint density at radius 3 is 2.66 bits per heavy atom. The molecule has 1 aliphatic carbocycles. The van der Waals surface area contributed by atoms with Crippen LogP contribution in [0.1, 0.15) is 51.9 Å². The van der Waals surface area contributed by atoms with Gasteiger partial charge in [0, 0.05) is 48.7 Å². The highest BCUT2D eigenvalue weighted by Gasteiger charge is 2.26. The predicted octanol–water partition coefficient (Wildman–Crippen LogP) is 4.59. The van der Waals surface area contributed by atoms with Crippen LogP contribution in [-0.2, 0) is 16.0 Å². The number of aryl methyl sites for hydroxylation is 1. The van der Waals surface area contributed by atoms with Crippen molar-refractivity contribution in [3.63, 3.8) is 0 Å². The van der Waals surface area contributed by atoms with Crippen LogP contribution in [-0.4, -0.2) is 59.9 Å². The third kappa shape index (κ3) is 4.93. The van der Waals surface area contributed by atoms with Crippen LogP contribution in [0.5, 0.6) is 0 Å². The number of imidazole rings is 1. The zero-order valence-corrected chi connectivity index (χ0v) is 22.1. The lowest BCUT2D eigenvalue weighted by atomic mass is 9.99. The molecule has 10 heteroatoms. The molecule has 0 spiro atoms. The molecule has 0 unspecified atom stereocenters. The molecule has 4 aromatic heterocycles. The Bertz CT molecular complexity index is 1530. The van der Waals surface area contributed by atoms with Crippen molar-refractivity contribution in [1.82, 2.24) is 35.0 Å². The van der Waals surface area contributed by atoms with E-state index >= 15 is 0 Å². The Balaban J connectivity index is 1.47. The van der Waals surface area contributed by atoms with Crippen LogP contribution >= 0.6 is 0 Å². The van der Waals surface area contributed by atoms with Crippen molar-refractivity contribution in [2.45, 2.75) is 47.0 Å². The molecule has 0 bridgehead atoms. The van der Waals surface area contributed by atoms with Gasteiger partial charge < -0.3 is 15.2 Å². The maximum absolute atomic E-state index is 13.1. The van der Waals surface area contributed by atoms with Gasteiger partial charge in [-0.25, -0.2) is 9.97 Å². The molecule has 4 heterocycles. The monoisotopic (exact) mass is 512 g/mol. The van der Waals surface area contributed by atoms with Gasteiger partial charge in [-0.05, 0) is 44.7 Å². The molecule has 196 valence electrons. The van der Waals surface area contributed by atoms with Gasteiger partial charge in [0.15, 0.2) is 11.5 Å². The lowest BCUT2D eigenvalue weighted by molar-refractivity contribution is -0.124. The summed E-state index contributed by atoms with van der Waals surface area (Å²) in [5.74, 6) is 0.843. The van der Waals surface area contributed by atoms with Crippen molar-refractivity contribution in [3.05, 3.63) is 48.2 Å². The minimum absolute atomic E-state index is 0.000267. The van der Waals surface area contributed by atoms with Crippen LogP contribution in [0.15, 0.2) is 36.8 Å². The van der Waals surface area contributed by atoms with Crippen molar-refractivity contribution >= 4 is 34.1 Å². The zero-order chi connectivity index (χ0) is 26.8. The van der Waals surface area contributed by atoms with Crippen LogP contribution in [0.4, 0.5) is 5.69 Å². The molecule has 0 fully saturated rings. The Morgan fingerprint density at radius 2 is 1.89 bits per heavy atom. The van der Waals surface area contributed by atoms with Crippen molar-refractivity contribution in [1.29, 1.82) is 0 Å². The van der Waals surface area contributed by atoms with E-state index < -0.39 is 0 Å². The molecule has 0 aliphatic heterocycles. The second kappa shape index (κ2) is 10.6. The third-order valence-corrected chi connectivity index (χ3v) is 6.65. The smallest absolute Gasteiger partial charge is 0.255 e. The summed E-state index contributed by atoms with van der Waals surface area (Å²) in [6.07, 6.45) is 9.11. The average molecular weight is 513 g/mol. The van der Waals surface area contributed by atoms with Gasteiger partial charge in [-0.3, -0.25) is 19.7 Å². The quantitative estimate of drug-likeness (QED) is 0.316. The molecular weight excluding hydrogens is 480 g/mol. The number of nitrogens with one attached hydrogen (secondary N) is 3. The molecule has 3 N–H and O–H groups in total. The maximum Gasteiger partial charge on any atom is 0.255 e. The number of fused-ring (bicyclic) bond motifs is 2. The molecule has 0 radical (unpaired) electrons. The van der Waals surface area contributed by atoms with Gasteiger partial charge in [-0.15, -0.1) is 0 Å². The van der Waals surface area contributed by atoms with Gasteiger partial charge in [-0.2, -0.15) is 5.10 Å². The summed E-state index contributed by atoms with van der Waals surface area (Å²) in [5, 5.41) is 11.2. The maximum atomic E-state index is 13.1. The highest BCUT2D eigenvalue weighted by molar-refractivity contribution is 6.19. The number of aromatic nitrogens is 6. The first-order chi connectivity index (χ1) is 18.4. The minimum atomic E-state index is -0.0423. The summed E-state index contributed by atoms with van der Waals surface area (Å²) >= 11 is 0. The number of anilines is 1. The number of rotatable bonds is 8. The van der Waals surface area contributed by atoms with Crippen molar-refractivity contribution in [3.8, 4) is 22.6 Å². The Kier molecular flexibility index (Phi) is 7.04. The van der Waals surface area contributed by atoms with E-state index in [4.69, 9.17) is 4.98 Å². The number of amides is 2. The van der Waals surface area contributed by atoms with Crippen LogP contribution < -0.4 is 5.32 Å². The number of nitrogens with zero attached hydrogens (tertiary/aromatic N) is 5. The molecule has 38 heavy (non-hydrogen) atoms. The van der Waals surface area contributed by atoms with Crippen molar-refractivity contribution < 1.29 is 9.59 Å². The standard InChI is InChI=1S/C28H32N8O2/c1-5-36(6-2)28(38)20-8-7-9-22-24(20)33-27(32-22)25-21-12-18(14-30-26(21)35-34-25)17-11-19(15-29-13-17)31-23(37)10-16(3)4/h8,11-16H,5-7,9-10H2,1-4H3,(H,31,37)(H,32,33)(H,30,34,35). The topological polar surface area (TPSA) is 133 Å². The zero-order valence-electron chi connectivity index (χ0n) is 22.1. The van der Waals surface area contributed by atoms with Gasteiger partial charge in [0.2, 0.25) is 5.91 Å². The van der Waals surface area contributed by atoms with Gasteiger partial charge >= 0.3 is 0 Å². The molecular formula is C28H32N8O2. The van der Waals surface area contributed by atoms with E-state index in [9.17, 15) is 9.59 Å². The summed E-state index contributed by atoms with van der Waals surface area (Å²) in [6.45, 7) is 9.27. The van der Waals surface area contributed by atoms with E-state index in [2.05, 4.69) is 30.5 Å². The first kappa shape index (κ1) is 25.3. The van der Waals surface area contributed by atoms with E-state index in [0.29, 0.717) is 53.6 Å². The van der Waals surface area contributed by atoms with Gasteiger partial charge in [0.25, 0.3) is 5.91 Å². The SMILES string of the molecule is CCN(CC)C(=O)C1=CCCc2[nH]c(-c3[nH]nc4ncc(-c5cncc(NC(=O)CC(C)C)c5)cc34)nc21. The summed E-state index contributed by atoms with van der Waals surface area (Å²) in [6, 6.07) is 3.87. The number of hydrogen-bond donors (Lipinski definition) is 3. The number of hydrogen-bond acceptors (Lipinski definition) is 6. The molecule has 4 aromatic rings. The number of aromatic amines is 2. The molecule has 0 saturated heterocycles. The highest BCUT2D eigenvalue weighted by Crippen LogP contribution is 2.32. The van der Waals surface area contributed by atoms with E-state index in [-0.39, 0.29) is 17.7 Å². The van der Waals surface area contributed by atoms with Gasteiger partial charge in [0.1, 0.15) is 5.69 Å². The number of allylic oxidation sites excluding steroid dienone is 1. The fourth-order valence-electron chi connectivity index (χ4n) is 4.75. The average Bonchev–Trinajstić information content (AvgIpc) is 3.52. The van der Waals surface area contributed by atoms with Crippen molar-refractivity contribution in [2.75, 3.05) is 18.4 Å². The first-order valence-electron chi connectivity index (χ1n) is 13.1. The Labute approximate surface area is 221 Å². The fraction of sp³-hybridized carbons (Fsp3) is 0.357. The van der Waals surface area contributed by atoms with Gasteiger partial charge in [-0.1, -0.05) is 19.9 Å². The van der Waals surface area contributed by atoms with Crippen molar-refractivity contribution in [2.24, 2.45) is 5.92 Å². The molecule has 0 saturated carbocycles. The van der Waals surface area contributed by atoms with E-state index in [1.807, 2.05) is 50.8 Å². The summed E-state index contributed by atoms with van der Waals surface area (Å²) in [4.78, 5) is 44.3. The van der Waals surface area contributed by atoms with E-state index in [1.165, 1.54) is 0 Å². The van der Waals surface area contributed by atoms with E-state index in [1.54, 1.807) is 18.6 Å². The lowest BCUT2D eigenvalue weighted by Crippen LogP contribution is -2.32. The van der Waals surface area contributed by atoms with E-state index in [0.717, 1.165) is 35.0 Å². The lowest BCUT2D eigenvalue weighted by Gasteiger charge is -2.21. The Hall–Kier alpha value is -4.34. The Morgan fingerprint density at radius 1 is 1.11 bits per heavy atom. The van der Waals surface area contributed by atoms with Crippen LogP contribution in [0.2, 0.25) is 0 Å². The number of H-pyrrole nitrogens is 2. The summed E-state index contributed by atoms with van der Waals surface area (Å²) in [7, 11) is 0. The molecule has 10 nitrogen and oxygen atoms in total. The molecule has 1 aliphatic rings. The normalized spacial score (nSPS) is 12.9.